The smallest absolute Gasteiger partial charge is 0.293 e. The zero-order valence-corrected chi connectivity index (χ0v) is 40.3. The van der Waals surface area contributed by atoms with Crippen LogP contribution in [0.3, 0.4) is 0 Å². The molecule has 4 aromatic rings. The monoisotopic (exact) mass is 904 g/mol. The summed E-state index contributed by atoms with van der Waals surface area (Å²) in [6.45, 7) is 20.4. The van der Waals surface area contributed by atoms with Crippen LogP contribution in [0.25, 0.3) is 33.3 Å². The van der Waals surface area contributed by atoms with E-state index in [1.54, 1.807) is 30.3 Å². The lowest BCUT2D eigenvalue weighted by molar-refractivity contribution is -0.146. The first-order valence-corrected chi connectivity index (χ1v) is 23.4. The van der Waals surface area contributed by atoms with Gasteiger partial charge in [0.15, 0.2) is 0 Å². The molecule has 4 unspecified atom stereocenters. The summed E-state index contributed by atoms with van der Waals surface area (Å²) in [4.78, 5) is 74.3. The normalized spacial score (nSPS) is 17.9. The van der Waals surface area contributed by atoms with Crippen molar-refractivity contribution in [2.75, 3.05) is 40.4 Å². The average molecular weight is 904 g/mol. The van der Waals surface area contributed by atoms with Crippen molar-refractivity contribution >= 4 is 41.0 Å². The molecule has 2 aromatic heterocycles. The number of methoxy groups -OCH3 is 1. The molecule has 0 aliphatic carbocycles. The lowest BCUT2D eigenvalue weighted by atomic mass is 9.84. The third-order valence-corrected chi connectivity index (χ3v) is 13.2. The molecule has 5 atom stereocenters. The predicted octanol–water partition coefficient (Wildman–Crippen LogP) is 6.90. The number of carbonyl (C=O) groups is 5. The summed E-state index contributed by atoms with van der Waals surface area (Å²) >= 11 is 0. The third-order valence-electron chi connectivity index (χ3n) is 13.2. The minimum atomic E-state index is -0.934. The Morgan fingerprint density at radius 1 is 1.05 bits per heavy atom. The van der Waals surface area contributed by atoms with E-state index >= 15 is 0 Å². The second kappa shape index (κ2) is 21.6. The first kappa shape index (κ1) is 49.6. The zero-order chi connectivity index (χ0) is 47.9. The Bertz CT molecular complexity index is 2410. The molecule has 2 aromatic carbocycles. The zero-order valence-electron chi connectivity index (χ0n) is 40.3. The number of aromatic nitrogens is 2. The summed E-state index contributed by atoms with van der Waals surface area (Å²) in [6.07, 6.45) is 5.86. The van der Waals surface area contributed by atoms with Gasteiger partial charge in [-0.1, -0.05) is 64.6 Å². The Morgan fingerprint density at radius 3 is 2.48 bits per heavy atom. The summed E-state index contributed by atoms with van der Waals surface area (Å²) < 4.78 is 13.5. The quantitative estimate of drug-likeness (QED) is 0.0756. The van der Waals surface area contributed by atoms with Gasteiger partial charge in [0.25, 0.3) is 12.4 Å². The number of nitrogens with one attached hydrogen (secondary N) is 2. The van der Waals surface area contributed by atoms with E-state index in [-0.39, 0.29) is 55.4 Å². The minimum Gasteiger partial charge on any atom is -0.467 e. The first-order chi connectivity index (χ1) is 31.5. The molecule has 2 aliphatic heterocycles. The summed E-state index contributed by atoms with van der Waals surface area (Å²) in [7, 11) is 3.32. The third kappa shape index (κ3) is 11.0. The molecule has 14 heteroatoms. The van der Waals surface area contributed by atoms with Gasteiger partial charge in [0.1, 0.15) is 12.1 Å². The summed E-state index contributed by atoms with van der Waals surface area (Å²) in [5.74, 6) is -1.80. The first-order valence-electron chi connectivity index (χ1n) is 23.4. The van der Waals surface area contributed by atoms with Crippen molar-refractivity contribution in [3.63, 3.8) is 0 Å². The van der Waals surface area contributed by atoms with Gasteiger partial charge in [-0.2, -0.15) is 0 Å². The van der Waals surface area contributed by atoms with Crippen LogP contribution in [-0.2, 0) is 52.8 Å². The van der Waals surface area contributed by atoms with Crippen LogP contribution in [0.15, 0.2) is 73.4 Å². The Hall–Kier alpha value is -5.86. The maximum atomic E-state index is 14.5. The molecule has 0 saturated carbocycles. The second-order valence-corrected chi connectivity index (χ2v) is 19.1. The Morgan fingerprint density at radius 2 is 1.80 bits per heavy atom. The Labute approximate surface area is 390 Å². The number of nitrogens with zero attached hydrogens (tertiary/aromatic N) is 5. The van der Waals surface area contributed by atoms with E-state index in [1.807, 2.05) is 45.9 Å². The molecular formula is C52H69N7O7. The topological polar surface area (TPSA) is 155 Å². The van der Waals surface area contributed by atoms with Gasteiger partial charge in [-0.25, -0.2) is 5.43 Å². The van der Waals surface area contributed by atoms with E-state index < -0.39 is 29.3 Å². The number of ether oxygens (including phenoxy) is 2. The summed E-state index contributed by atoms with van der Waals surface area (Å²) in [6, 6.07) is 16.9. The predicted molar refractivity (Wildman–Crippen MR) is 257 cm³/mol. The van der Waals surface area contributed by atoms with Crippen LogP contribution in [0.1, 0.15) is 90.7 Å². The van der Waals surface area contributed by atoms with Crippen LogP contribution in [-0.4, -0.2) is 113 Å². The largest absolute Gasteiger partial charge is 0.467 e. The van der Waals surface area contributed by atoms with Gasteiger partial charge in [-0.05, 0) is 105 Å². The lowest BCUT2D eigenvalue weighted by Crippen LogP contribution is -2.60. The molecule has 2 aliphatic rings. The van der Waals surface area contributed by atoms with Crippen molar-refractivity contribution in [3.05, 3.63) is 90.3 Å². The highest BCUT2D eigenvalue weighted by molar-refractivity contribution is 5.96. The van der Waals surface area contributed by atoms with Gasteiger partial charge in [0, 0.05) is 80.9 Å². The molecule has 0 radical (unpaired) electrons. The fourth-order valence-electron chi connectivity index (χ4n) is 9.79. The Balaban J connectivity index is 1.36. The molecule has 0 spiro atoms. The number of likely N-dealkylation sites (tertiary alicyclic amines) is 1. The molecule has 2 N–H and O–H groups in total. The highest BCUT2D eigenvalue weighted by atomic mass is 16.5. The van der Waals surface area contributed by atoms with Gasteiger partial charge >= 0.3 is 0 Å². The fraction of sp³-hybridized carbons (Fsp3) is 0.500. The number of aryl methyl sites for hydroxylation is 1. The summed E-state index contributed by atoms with van der Waals surface area (Å²) in [5.41, 5.74) is 10.7. The van der Waals surface area contributed by atoms with Gasteiger partial charge < -0.3 is 29.2 Å². The van der Waals surface area contributed by atoms with Gasteiger partial charge in [-0.15, -0.1) is 0 Å². The van der Waals surface area contributed by atoms with E-state index in [0.717, 1.165) is 62.9 Å². The molecule has 4 heterocycles. The molecule has 0 bridgehead atoms. The number of likely N-dealkylation sites (N-methyl/N-ethyl adjacent to an activating group) is 1. The van der Waals surface area contributed by atoms with E-state index in [0.29, 0.717) is 38.9 Å². The van der Waals surface area contributed by atoms with Crippen LogP contribution in [0.2, 0.25) is 0 Å². The summed E-state index contributed by atoms with van der Waals surface area (Å²) in [5, 5.41) is 5.80. The van der Waals surface area contributed by atoms with Gasteiger partial charge in [-0.3, -0.25) is 34.0 Å². The molecule has 14 nitrogen and oxygen atoms in total. The molecule has 6 rings (SSSR count). The minimum absolute atomic E-state index is 0.0904. The van der Waals surface area contributed by atoms with E-state index in [2.05, 4.69) is 79.1 Å². The lowest BCUT2D eigenvalue weighted by Gasteiger charge is -2.36. The number of rotatable bonds is 19. The maximum Gasteiger partial charge on any atom is 0.293 e. The SMILES string of the molecule is C=CC(=O)N1CCC(C(=O)N(C)C(C(=O)NC(Cc2cccc(-c3ccc4c(c3)c(CC(C)(C)COC=O)c(-c3cccnc3C(C)OC)n4CC)c2)C(=O)N2CCC[C@@H](C)N2)C(C)C)C1. The van der Waals surface area contributed by atoms with Crippen molar-refractivity contribution in [2.45, 2.75) is 111 Å². The van der Waals surface area contributed by atoms with E-state index in [1.165, 1.54) is 11.0 Å². The standard InChI is InChI=1S/C52H69N7O7/c1-11-45(61)57-25-22-39(30-57)50(63)56(9)47(33(3)4)49(62)54-43(51(64)59-24-15-16-34(5)55-59)27-36-17-13-18-37(26-36)38-20-21-44-41(28-38)42(29-52(7,8)31-66-32-60)48(58(44)12-2)40-19-14-23-53-46(40)35(6)65-10/h11,13-14,17-21,23,26,28,32-35,39,43,47,55H,1,12,15-16,22,24-25,27,29-31H2,2-10H3,(H,54,62)/t34-,35?,39?,43?,47?/m1/s1. The molecule has 2 saturated heterocycles. The van der Waals surface area contributed by atoms with Crippen LogP contribution < -0.4 is 10.7 Å². The van der Waals surface area contributed by atoms with Crippen LogP contribution in [0.4, 0.5) is 0 Å². The maximum absolute atomic E-state index is 14.5. The molecule has 2 fully saturated rings. The average Bonchev–Trinajstić information content (AvgIpc) is 3.92. The number of amides is 4. The number of hydrazine groups is 1. The van der Waals surface area contributed by atoms with Crippen molar-refractivity contribution in [3.8, 4) is 22.4 Å². The highest BCUT2D eigenvalue weighted by Gasteiger charge is 2.39. The van der Waals surface area contributed by atoms with Crippen LogP contribution >= 0.6 is 0 Å². The number of fused-ring (bicyclic) bond motifs is 1. The van der Waals surface area contributed by atoms with Crippen LogP contribution in [0, 0.1) is 17.3 Å². The number of benzene rings is 2. The molecule has 66 heavy (non-hydrogen) atoms. The fourth-order valence-corrected chi connectivity index (χ4v) is 9.79. The van der Waals surface area contributed by atoms with Crippen molar-refractivity contribution < 1.29 is 33.4 Å². The van der Waals surface area contributed by atoms with Crippen LogP contribution in [0.5, 0.6) is 0 Å². The van der Waals surface area contributed by atoms with Gasteiger partial charge in [0.2, 0.25) is 17.7 Å². The van der Waals surface area contributed by atoms with Gasteiger partial charge in [0.05, 0.1) is 30.0 Å². The molecule has 354 valence electrons. The number of hydrogen-bond acceptors (Lipinski definition) is 9. The highest BCUT2D eigenvalue weighted by Crippen LogP contribution is 2.42. The van der Waals surface area contributed by atoms with Crippen molar-refractivity contribution in [1.82, 2.24) is 35.1 Å². The van der Waals surface area contributed by atoms with Crippen molar-refractivity contribution in [2.24, 2.45) is 17.3 Å². The second-order valence-electron chi connectivity index (χ2n) is 19.1. The van der Waals surface area contributed by atoms with Crippen molar-refractivity contribution in [1.29, 1.82) is 0 Å². The number of hydrogen-bond donors (Lipinski definition) is 2. The van der Waals surface area contributed by atoms with E-state index in [4.69, 9.17) is 14.5 Å². The molecule has 4 amide bonds. The number of pyridine rings is 1. The van der Waals surface area contributed by atoms with E-state index in [9.17, 15) is 24.0 Å². The molecular weight excluding hydrogens is 835 g/mol. The number of carbonyl (C=O) groups excluding carboxylic acids is 5. The Kier molecular flexibility index (Phi) is 16.2.